The number of benzene rings is 2. The zero-order chi connectivity index (χ0) is 20.6. The van der Waals surface area contributed by atoms with Gasteiger partial charge in [0.05, 0.1) is 48.0 Å². The normalized spacial score (nSPS) is 10.7. The summed E-state index contributed by atoms with van der Waals surface area (Å²) < 4.78 is 20.2. The number of fused-ring (bicyclic) bond motifs is 1. The lowest BCUT2D eigenvalue weighted by molar-refractivity contribution is -0.782. The Morgan fingerprint density at radius 1 is 0.929 bits per heavy atom. The van der Waals surface area contributed by atoms with Crippen LogP contribution in [0, 0.1) is 25.4 Å². The van der Waals surface area contributed by atoms with Crippen molar-refractivity contribution < 1.29 is 33.6 Å². The van der Waals surface area contributed by atoms with Gasteiger partial charge in [-0.05, 0) is 4.90 Å². The summed E-state index contributed by atoms with van der Waals surface area (Å²) in [6.07, 6.45) is 0. The summed E-state index contributed by atoms with van der Waals surface area (Å²) in [5.74, 6) is 0.449. The number of nitro groups is 2. The minimum absolute atomic E-state index is 0.00481. The van der Waals surface area contributed by atoms with Gasteiger partial charge in [0.1, 0.15) is 22.8 Å². The summed E-state index contributed by atoms with van der Waals surface area (Å²) in [5.41, 5.74) is -2.75. The van der Waals surface area contributed by atoms with Crippen molar-refractivity contribution in [3.63, 3.8) is 0 Å². The molecule has 3 rings (SSSR count). The molecule has 0 atom stereocenters. The maximum atomic E-state index is 12.2. The molecule has 0 aliphatic heterocycles. The summed E-state index contributed by atoms with van der Waals surface area (Å²) in [5, 5.41) is 38.5. The van der Waals surface area contributed by atoms with E-state index < -0.39 is 32.3 Å². The molecule has 0 fully saturated rings. The Bertz CT molecular complexity index is 1080. The average molecular weight is 392 g/mol. The second-order valence-corrected chi connectivity index (χ2v) is 5.34. The Kier molecular flexibility index (Phi) is 4.57. The molecule has 3 aromatic rings. The van der Waals surface area contributed by atoms with Gasteiger partial charge in [0, 0.05) is 12.1 Å². The van der Waals surface area contributed by atoms with Crippen LogP contribution in [0.15, 0.2) is 22.8 Å². The quantitative estimate of drug-likeness (QED) is 0.343. The fourth-order valence-electron chi connectivity index (χ4n) is 2.80. The van der Waals surface area contributed by atoms with Crippen molar-refractivity contribution in [2.45, 2.75) is 0 Å². The molecule has 0 saturated carbocycles. The number of nitro benzene ring substituents is 2. The largest absolute Gasteiger partial charge is 0.496 e. The Hall–Kier alpha value is -4.16. The molecule has 2 aromatic carbocycles. The van der Waals surface area contributed by atoms with Crippen molar-refractivity contribution >= 4 is 22.4 Å². The van der Waals surface area contributed by atoms with Crippen LogP contribution < -0.4 is 19.1 Å². The molecule has 0 saturated heterocycles. The molecule has 0 radical (unpaired) electrons. The van der Waals surface area contributed by atoms with Crippen LogP contribution in [-0.2, 0) is 0 Å². The average Bonchev–Trinajstić information content (AvgIpc) is 3.07. The minimum Gasteiger partial charge on any atom is -0.496 e. The number of aromatic nitrogens is 2. The monoisotopic (exact) mass is 392 g/mol. The molecule has 0 N–H and O–H groups in total. The first-order valence-electron chi connectivity index (χ1n) is 7.49. The van der Waals surface area contributed by atoms with E-state index in [9.17, 15) is 25.4 Å². The standard InChI is InChI=1S/C15H12N4O9/c1-25-7-4-10(26-2)13(11(5-7)27-3)12-8(17(20)21)6-9(18(22)23)14-15(12)19(24)28-16-14/h4-6H,1-3H3. The van der Waals surface area contributed by atoms with Crippen molar-refractivity contribution in [1.29, 1.82) is 0 Å². The van der Waals surface area contributed by atoms with Gasteiger partial charge in [-0.3, -0.25) is 24.9 Å². The number of nitrogens with zero attached hydrogens (tertiary/aromatic N) is 4. The summed E-state index contributed by atoms with van der Waals surface area (Å²) in [7, 11) is 3.99. The lowest BCUT2D eigenvalue weighted by Crippen LogP contribution is -2.23. The molecule has 0 spiro atoms. The first-order valence-corrected chi connectivity index (χ1v) is 7.49. The van der Waals surface area contributed by atoms with E-state index in [0.29, 0.717) is 11.8 Å². The SMILES string of the molecule is COc1cc(OC)c(-c2c([N+](=O)[O-])cc([N+](=O)[O-])c3no[n+]([O-])c23)c(OC)c1. The fraction of sp³-hybridized carbons (Fsp3) is 0.200. The Morgan fingerprint density at radius 2 is 1.50 bits per heavy atom. The Labute approximate surface area is 155 Å². The molecule has 0 bridgehead atoms. The number of ether oxygens (including phenoxy) is 3. The van der Waals surface area contributed by atoms with Crippen molar-refractivity contribution in [3.8, 4) is 28.4 Å². The predicted molar refractivity (Wildman–Crippen MR) is 91.4 cm³/mol. The highest BCUT2D eigenvalue weighted by molar-refractivity contribution is 6.02. The van der Waals surface area contributed by atoms with Gasteiger partial charge in [0.25, 0.3) is 5.69 Å². The number of methoxy groups -OCH3 is 3. The van der Waals surface area contributed by atoms with E-state index in [4.69, 9.17) is 14.2 Å². The van der Waals surface area contributed by atoms with Crippen LogP contribution in [-0.4, -0.2) is 36.3 Å². The maximum Gasteiger partial charge on any atom is 0.333 e. The lowest BCUT2D eigenvalue weighted by atomic mass is 9.98. The molecule has 1 heterocycles. The fourth-order valence-corrected chi connectivity index (χ4v) is 2.80. The number of rotatable bonds is 6. The molecule has 13 nitrogen and oxygen atoms in total. The molecule has 0 unspecified atom stereocenters. The zero-order valence-corrected chi connectivity index (χ0v) is 14.7. The van der Waals surface area contributed by atoms with Gasteiger partial charge < -0.3 is 19.4 Å². The summed E-state index contributed by atoms with van der Waals surface area (Å²) >= 11 is 0. The van der Waals surface area contributed by atoms with E-state index in [1.54, 1.807) is 0 Å². The molecular weight excluding hydrogens is 380 g/mol. The van der Waals surface area contributed by atoms with Gasteiger partial charge in [0.2, 0.25) is 5.52 Å². The minimum atomic E-state index is -0.899. The van der Waals surface area contributed by atoms with Gasteiger partial charge >= 0.3 is 11.2 Å². The van der Waals surface area contributed by atoms with Crippen molar-refractivity contribution in [2.24, 2.45) is 0 Å². The maximum absolute atomic E-state index is 12.2. The van der Waals surface area contributed by atoms with E-state index in [0.717, 1.165) is 0 Å². The van der Waals surface area contributed by atoms with Crippen molar-refractivity contribution in [1.82, 2.24) is 5.16 Å². The van der Waals surface area contributed by atoms with E-state index in [1.165, 1.54) is 33.5 Å². The highest BCUT2D eigenvalue weighted by Crippen LogP contribution is 2.48. The van der Waals surface area contributed by atoms with Crippen LogP contribution in [0.1, 0.15) is 0 Å². The molecule has 13 heteroatoms. The van der Waals surface area contributed by atoms with Crippen LogP contribution >= 0.6 is 0 Å². The third-order valence-electron chi connectivity index (χ3n) is 3.98. The molecule has 0 amide bonds. The molecule has 28 heavy (non-hydrogen) atoms. The van der Waals surface area contributed by atoms with Gasteiger partial charge in [-0.15, -0.1) is 0 Å². The van der Waals surface area contributed by atoms with Crippen molar-refractivity contribution in [3.05, 3.63) is 43.6 Å². The number of non-ortho nitro benzene ring substituents is 1. The van der Waals surface area contributed by atoms with Crippen LogP contribution in [0.25, 0.3) is 22.2 Å². The summed E-state index contributed by atoms with van der Waals surface area (Å²) in [6.45, 7) is 0. The molecule has 146 valence electrons. The highest BCUT2D eigenvalue weighted by Gasteiger charge is 2.37. The zero-order valence-electron chi connectivity index (χ0n) is 14.7. The van der Waals surface area contributed by atoms with Crippen LogP contribution in [0.5, 0.6) is 17.2 Å². The topological polar surface area (TPSA) is 167 Å². The number of hydrogen-bond acceptors (Lipinski definition) is 10. The predicted octanol–water partition coefficient (Wildman–Crippen LogP) is 1.97. The van der Waals surface area contributed by atoms with Gasteiger partial charge in [-0.1, -0.05) is 0 Å². The van der Waals surface area contributed by atoms with Gasteiger partial charge in [0.15, 0.2) is 0 Å². The summed E-state index contributed by atoms with van der Waals surface area (Å²) in [4.78, 5) is 21.1. The van der Waals surface area contributed by atoms with Crippen molar-refractivity contribution in [2.75, 3.05) is 21.3 Å². The third kappa shape index (κ3) is 2.74. The van der Waals surface area contributed by atoms with E-state index in [2.05, 4.69) is 9.79 Å². The summed E-state index contributed by atoms with van der Waals surface area (Å²) in [6, 6.07) is 3.53. The van der Waals surface area contributed by atoms with Gasteiger partial charge in [-0.25, -0.2) is 0 Å². The molecular formula is C15H12N4O9. The van der Waals surface area contributed by atoms with E-state index >= 15 is 0 Å². The van der Waals surface area contributed by atoms with Crippen LogP contribution in [0.2, 0.25) is 0 Å². The van der Waals surface area contributed by atoms with E-state index in [-0.39, 0.29) is 27.5 Å². The lowest BCUT2D eigenvalue weighted by Gasteiger charge is -2.15. The smallest absolute Gasteiger partial charge is 0.333 e. The second kappa shape index (κ2) is 6.86. The van der Waals surface area contributed by atoms with Crippen LogP contribution in [0.4, 0.5) is 11.4 Å². The molecule has 0 aliphatic carbocycles. The molecule has 1 aromatic heterocycles. The first-order chi connectivity index (χ1) is 13.3. The Morgan fingerprint density at radius 3 is 1.96 bits per heavy atom. The van der Waals surface area contributed by atoms with Gasteiger partial charge in [-0.2, -0.15) is 0 Å². The third-order valence-corrected chi connectivity index (χ3v) is 3.98. The Balaban J connectivity index is 2.56. The van der Waals surface area contributed by atoms with E-state index in [1.807, 2.05) is 0 Å². The number of hydrogen-bond donors (Lipinski definition) is 0. The highest BCUT2D eigenvalue weighted by atomic mass is 16.8. The van der Waals surface area contributed by atoms with Crippen LogP contribution in [0.3, 0.4) is 0 Å². The molecule has 0 aliphatic rings. The first kappa shape index (κ1) is 18.6. The second-order valence-electron chi connectivity index (χ2n) is 5.34.